The first-order valence-corrected chi connectivity index (χ1v) is 7.82. The van der Waals surface area contributed by atoms with Crippen molar-refractivity contribution < 1.29 is 9.53 Å². The number of unbranched alkanes of at least 4 members (excludes halogenated alkanes) is 2. The number of benzene rings is 1. The Morgan fingerprint density at radius 1 is 1.24 bits per heavy atom. The third-order valence-corrected chi connectivity index (χ3v) is 3.41. The van der Waals surface area contributed by atoms with Gasteiger partial charge in [-0.05, 0) is 44.5 Å². The minimum Gasteiger partial charge on any atom is -0.493 e. The van der Waals surface area contributed by atoms with Crippen molar-refractivity contribution >= 4 is 11.6 Å². The molecule has 21 heavy (non-hydrogen) atoms. The van der Waals surface area contributed by atoms with Gasteiger partial charge in [0.05, 0.1) is 13.0 Å². The number of nitrogen functional groups attached to an aromatic ring is 1. The van der Waals surface area contributed by atoms with Gasteiger partial charge < -0.3 is 15.4 Å². The predicted molar refractivity (Wildman–Crippen MR) is 87.3 cm³/mol. The molecule has 2 N–H and O–H groups in total. The molecule has 0 saturated heterocycles. The van der Waals surface area contributed by atoms with Crippen LogP contribution < -0.4 is 10.5 Å². The van der Waals surface area contributed by atoms with Crippen LogP contribution in [0, 0.1) is 0 Å². The van der Waals surface area contributed by atoms with Crippen molar-refractivity contribution in [2.45, 2.75) is 52.5 Å². The highest BCUT2D eigenvalue weighted by molar-refractivity contribution is 5.76. The molecule has 0 fully saturated rings. The Bertz CT molecular complexity index is 415. The summed E-state index contributed by atoms with van der Waals surface area (Å²) in [6.07, 6.45) is 3.81. The number of hydrogen-bond acceptors (Lipinski definition) is 3. The molecule has 1 amide bonds. The number of carbonyl (C=O) groups is 1. The van der Waals surface area contributed by atoms with Crippen LogP contribution in [0.5, 0.6) is 5.75 Å². The molecular formula is C17H28N2O2. The molecule has 4 nitrogen and oxygen atoms in total. The van der Waals surface area contributed by atoms with Crippen LogP contribution in [0.3, 0.4) is 0 Å². The number of carbonyl (C=O) groups excluding carboxylic acids is 1. The Kier molecular flexibility index (Phi) is 7.65. The maximum atomic E-state index is 12.2. The summed E-state index contributed by atoms with van der Waals surface area (Å²) in [5.74, 6) is 0.913. The lowest BCUT2D eigenvalue weighted by atomic mass is 10.2. The van der Waals surface area contributed by atoms with Crippen molar-refractivity contribution in [2.24, 2.45) is 0 Å². The first-order chi connectivity index (χ1) is 10.0. The van der Waals surface area contributed by atoms with Gasteiger partial charge in [-0.3, -0.25) is 4.79 Å². The topological polar surface area (TPSA) is 55.6 Å². The van der Waals surface area contributed by atoms with Gasteiger partial charge in [0.1, 0.15) is 5.75 Å². The monoisotopic (exact) mass is 292 g/mol. The van der Waals surface area contributed by atoms with E-state index >= 15 is 0 Å². The van der Waals surface area contributed by atoms with E-state index in [-0.39, 0.29) is 11.9 Å². The quantitative estimate of drug-likeness (QED) is 0.560. The first kappa shape index (κ1) is 17.3. The number of rotatable bonds is 9. The number of amides is 1. The molecule has 0 atom stereocenters. The van der Waals surface area contributed by atoms with Gasteiger partial charge in [-0.1, -0.05) is 19.8 Å². The molecule has 0 aliphatic rings. The number of ether oxygens (including phenoxy) is 1. The molecule has 0 bridgehead atoms. The van der Waals surface area contributed by atoms with E-state index < -0.39 is 0 Å². The summed E-state index contributed by atoms with van der Waals surface area (Å²) >= 11 is 0. The van der Waals surface area contributed by atoms with Crippen LogP contribution in [0.25, 0.3) is 0 Å². The molecule has 0 unspecified atom stereocenters. The molecular weight excluding hydrogens is 264 g/mol. The lowest BCUT2D eigenvalue weighted by Crippen LogP contribution is -2.38. The third-order valence-electron chi connectivity index (χ3n) is 3.41. The highest BCUT2D eigenvalue weighted by Gasteiger charge is 2.16. The Morgan fingerprint density at radius 3 is 2.48 bits per heavy atom. The van der Waals surface area contributed by atoms with E-state index in [2.05, 4.69) is 20.8 Å². The molecule has 0 spiro atoms. The van der Waals surface area contributed by atoms with E-state index in [1.807, 2.05) is 17.0 Å². The average Bonchev–Trinajstić information content (AvgIpc) is 2.45. The van der Waals surface area contributed by atoms with E-state index in [4.69, 9.17) is 10.5 Å². The second-order valence-corrected chi connectivity index (χ2v) is 5.56. The highest BCUT2D eigenvalue weighted by atomic mass is 16.5. The zero-order valence-corrected chi connectivity index (χ0v) is 13.5. The Labute approximate surface area is 128 Å². The molecule has 0 heterocycles. The van der Waals surface area contributed by atoms with Crippen molar-refractivity contribution in [2.75, 3.05) is 18.9 Å². The van der Waals surface area contributed by atoms with Gasteiger partial charge in [0.15, 0.2) is 0 Å². The molecule has 4 heteroatoms. The molecule has 0 aliphatic heterocycles. The fourth-order valence-electron chi connectivity index (χ4n) is 2.17. The SMILES string of the molecule is CCCCCN(C(=O)CCOc1ccc(N)cc1)C(C)C. The summed E-state index contributed by atoms with van der Waals surface area (Å²) < 4.78 is 5.58. The van der Waals surface area contributed by atoms with Gasteiger partial charge in [0.2, 0.25) is 5.91 Å². The number of nitrogens with two attached hydrogens (primary N) is 1. The summed E-state index contributed by atoms with van der Waals surface area (Å²) in [6, 6.07) is 7.47. The van der Waals surface area contributed by atoms with Crippen molar-refractivity contribution in [1.29, 1.82) is 0 Å². The standard InChI is InChI=1S/C17H28N2O2/c1-4-5-6-12-19(14(2)3)17(20)11-13-21-16-9-7-15(18)8-10-16/h7-10,14H,4-6,11-13,18H2,1-3H3. The highest BCUT2D eigenvalue weighted by Crippen LogP contribution is 2.13. The van der Waals surface area contributed by atoms with E-state index in [9.17, 15) is 4.79 Å². The second-order valence-electron chi connectivity index (χ2n) is 5.56. The summed E-state index contributed by atoms with van der Waals surface area (Å²) in [7, 11) is 0. The summed E-state index contributed by atoms with van der Waals surface area (Å²) in [4.78, 5) is 14.2. The zero-order valence-electron chi connectivity index (χ0n) is 13.5. The van der Waals surface area contributed by atoms with E-state index in [1.54, 1.807) is 12.1 Å². The van der Waals surface area contributed by atoms with Crippen LogP contribution in [0.2, 0.25) is 0 Å². The van der Waals surface area contributed by atoms with Gasteiger partial charge in [0, 0.05) is 18.3 Å². The normalized spacial score (nSPS) is 10.7. The van der Waals surface area contributed by atoms with Crippen LogP contribution >= 0.6 is 0 Å². The molecule has 1 rings (SSSR count). The van der Waals surface area contributed by atoms with Crippen molar-refractivity contribution in [1.82, 2.24) is 4.90 Å². The summed E-state index contributed by atoms with van der Waals surface area (Å²) in [5.41, 5.74) is 6.33. The summed E-state index contributed by atoms with van der Waals surface area (Å²) in [6.45, 7) is 7.53. The fourth-order valence-corrected chi connectivity index (χ4v) is 2.17. The van der Waals surface area contributed by atoms with Crippen LogP contribution in [0.4, 0.5) is 5.69 Å². The fraction of sp³-hybridized carbons (Fsp3) is 0.588. The smallest absolute Gasteiger partial charge is 0.226 e. The molecule has 1 aromatic carbocycles. The number of anilines is 1. The molecule has 118 valence electrons. The van der Waals surface area contributed by atoms with Crippen molar-refractivity contribution in [3.05, 3.63) is 24.3 Å². The minimum absolute atomic E-state index is 0.163. The zero-order chi connectivity index (χ0) is 15.7. The van der Waals surface area contributed by atoms with Crippen LogP contribution in [-0.2, 0) is 4.79 Å². The van der Waals surface area contributed by atoms with Crippen LogP contribution in [-0.4, -0.2) is 30.0 Å². The average molecular weight is 292 g/mol. The second kappa shape index (κ2) is 9.27. The maximum absolute atomic E-state index is 12.2. The largest absolute Gasteiger partial charge is 0.493 e. The van der Waals surface area contributed by atoms with Gasteiger partial charge >= 0.3 is 0 Å². The lowest BCUT2D eigenvalue weighted by molar-refractivity contribution is -0.133. The van der Waals surface area contributed by atoms with Crippen molar-refractivity contribution in [3.63, 3.8) is 0 Å². The molecule has 0 aromatic heterocycles. The Hall–Kier alpha value is -1.71. The van der Waals surface area contributed by atoms with E-state index in [0.717, 1.165) is 18.7 Å². The number of nitrogens with zero attached hydrogens (tertiary/aromatic N) is 1. The molecule has 0 radical (unpaired) electrons. The molecule has 1 aromatic rings. The van der Waals surface area contributed by atoms with E-state index in [1.165, 1.54) is 12.8 Å². The minimum atomic E-state index is 0.163. The number of hydrogen-bond donors (Lipinski definition) is 1. The molecule has 0 aliphatic carbocycles. The van der Waals surface area contributed by atoms with Crippen LogP contribution in [0.15, 0.2) is 24.3 Å². The molecule has 0 saturated carbocycles. The van der Waals surface area contributed by atoms with Gasteiger partial charge in [0.25, 0.3) is 0 Å². The first-order valence-electron chi connectivity index (χ1n) is 7.82. The lowest BCUT2D eigenvalue weighted by Gasteiger charge is -2.27. The third kappa shape index (κ3) is 6.52. The maximum Gasteiger partial charge on any atom is 0.226 e. The van der Waals surface area contributed by atoms with Gasteiger partial charge in [-0.25, -0.2) is 0 Å². The summed E-state index contributed by atoms with van der Waals surface area (Å²) in [5, 5.41) is 0. The van der Waals surface area contributed by atoms with Crippen molar-refractivity contribution in [3.8, 4) is 5.75 Å². The van der Waals surface area contributed by atoms with Gasteiger partial charge in [-0.15, -0.1) is 0 Å². The Balaban J connectivity index is 2.37. The van der Waals surface area contributed by atoms with E-state index in [0.29, 0.717) is 18.7 Å². The van der Waals surface area contributed by atoms with Gasteiger partial charge in [-0.2, -0.15) is 0 Å². The van der Waals surface area contributed by atoms with Crippen LogP contribution in [0.1, 0.15) is 46.5 Å². The predicted octanol–water partition coefficient (Wildman–Crippen LogP) is 3.46. The Morgan fingerprint density at radius 2 is 1.90 bits per heavy atom.